The van der Waals surface area contributed by atoms with Gasteiger partial charge >= 0.3 is 5.97 Å². The van der Waals surface area contributed by atoms with Gasteiger partial charge in [0.1, 0.15) is 12.1 Å². The number of thioether (sulfide) groups is 1. The predicted octanol–water partition coefficient (Wildman–Crippen LogP) is -0.700. The number of carboxylic acid groups (broad SMARTS) is 1. The number of aliphatic carboxylic acids is 1. The minimum atomic E-state index is -1.18. The fraction of sp³-hybridized carbons (Fsp3) is 0.714. The van der Waals surface area contributed by atoms with Crippen LogP contribution in [-0.2, 0) is 9.59 Å². The van der Waals surface area contributed by atoms with E-state index in [-0.39, 0.29) is 5.75 Å². The van der Waals surface area contributed by atoms with Crippen LogP contribution in [0.25, 0.3) is 0 Å². The van der Waals surface area contributed by atoms with Crippen LogP contribution in [0.5, 0.6) is 0 Å². The third kappa shape index (κ3) is 4.74. The Bertz CT molecular complexity index is 195. The van der Waals surface area contributed by atoms with Crippen LogP contribution in [0.1, 0.15) is 6.92 Å². The van der Waals surface area contributed by atoms with E-state index >= 15 is 0 Å². The highest BCUT2D eigenvalue weighted by Crippen LogP contribution is 1.98. The van der Waals surface area contributed by atoms with Crippen molar-refractivity contribution in [1.82, 2.24) is 5.32 Å². The number of carbonyl (C=O) groups is 2. The Morgan fingerprint density at radius 2 is 2.08 bits per heavy atom. The molecule has 0 fully saturated rings. The second kappa shape index (κ2) is 5.82. The van der Waals surface area contributed by atoms with Gasteiger partial charge in [-0.1, -0.05) is 0 Å². The summed E-state index contributed by atoms with van der Waals surface area (Å²) in [6.45, 7) is 1.29. The van der Waals surface area contributed by atoms with Gasteiger partial charge in [0.2, 0.25) is 5.91 Å². The van der Waals surface area contributed by atoms with Gasteiger partial charge in [0, 0.05) is 5.75 Å². The molecule has 6 heteroatoms. The number of amides is 1. The number of hydrogen-bond acceptors (Lipinski definition) is 4. The standard InChI is InChI=1S/C7H13NO4S/c1-4(9)6(10)8-5(3-13-2)7(11)12/h4-5,9H,3H2,1-2H3,(H,8,10)(H,11,12). The second-order valence-electron chi connectivity index (χ2n) is 2.53. The minimum Gasteiger partial charge on any atom is -0.480 e. The molecule has 0 heterocycles. The van der Waals surface area contributed by atoms with Crippen LogP contribution in [0.2, 0.25) is 0 Å². The molecule has 0 aliphatic carbocycles. The molecule has 0 aliphatic heterocycles. The monoisotopic (exact) mass is 207 g/mol. The summed E-state index contributed by atoms with van der Waals surface area (Å²) < 4.78 is 0. The van der Waals surface area contributed by atoms with Gasteiger partial charge < -0.3 is 15.5 Å². The first-order valence-electron chi connectivity index (χ1n) is 3.69. The molecule has 0 saturated heterocycles. The summed E-state index contributed by atoms with van der Waals surface area (Å²) in [5.41, 5.74) is 0. The Kier molecular flexibility index (Phi) is 5.48. The number of aliphatic hydroxyl groups excluding tert-OH is 1. The van der Waals surface area contributed by atoms with E-state index in [9.17, 15) is 9.59 Å². The SMILES string of the molecule is CSCC(NC(=O)C(C)O)C(=O)O. The van der Waals surface area contributed by atoms with E-state index in [0.29, 0.717) is 0 Å². The lowest BCUT2D eigenvalue weighted by Gasteiger charge is -2.13. The first kappa shape index (κ1) is 12.2. The van der Waals surface area contributed by atoms with Crippen LogP contribution < -0.4 is 5.32 Å². The van der Waals surface area contributed by atoms with Crippen LogP contribution in [0.4, 0.5) is 0 Å². The minimum absolute atomic E-state index is 0.286. The summed E-state index contributed by atoms with van der Waals surface area (Å²) >= 11 is 1.31. The Morgan fingerprint density at radius 1 is 1.54 bits per heavy atom. The van der Waals surface area contributed by atoms with Crippen LogP contribution in [0, 0.1) is 0 Å². The van der Waals surface area contributed by atoms with Gasteiger partial charge in [0.15, 0.2) is 0 Å². The molecule has 5 nitrogen and oxygen atoms in total. The lowest BCUT2D eigenvalue weighted by Crippen LogP contribution is -2.46. The van der Waals surface area contributed by atoms with Crippen LogP contribution >= 0.6 is 11.8 Å². The molecular formula is C7H13NO4S. The highest BCUT2D eigenvalue weighted by Gasteiger charge is 2.20. The zero-order chi connectivity index (χ0) is 10.4. The summed E-state index contributed by atoms with van der Waals surface area (Å²) in [7, 11) is 0. The number of carboxylic acids is 1. The van der Waals surface area contributed by atoms with E-state index in [1.165, 1.54) is 18.7 Å². The molecule has 0 aromatic carbocycles. The predicted molar refractivity (Wildman–Crippen MR) is 49.6 cm³/mol. The number of aliphatic hydroxyl groups is 1. The molecule has 0 radical (unpaired) electrons. The van der Waals surface area contributed by atoms with Gasteiger partial charge in [-0.2, -0.15) is 11.8 Å². The van der Waals surface area contributed by atoms with Crippen LogP contribution in [0.15, 0.2) is 0 Å². The number of hydrogen-bond donors (Lipinski definition) is 3. The van der Waals surface area contributed by atoms with Crippen molar-refractivity contribution >= 4 is 23.6 Å². The van der Waals surface area contributed by atoms with Gasteiger partial charge in [-0.15, -0.1) is 0 Å². The molecule has 1 amide bonds. The topological polar surface area (TPSA) is 86.6 Å². The highest BCUT2D eigenvalue weighted by molar-refractivity contribution is 7.98. The molecule has 0 spiro atoms. The Labute approximate surface area is 80.5 Å². The molecule has 0 rings (SSSR count). The van der Waals surface area contributed by atoms with Gasteiger partial charge in [0.25, 0.3) is 0 Å². The van der Waals surface area contributed by atoms with Crippen molar-refractivity contribution in [1.29, 1.82) is 0 Å². The van der Waals surface area contributed by atoms with Crippen molar-refractivity contribution in [2.45, 2.75) is 19.1 Å². The molecule has 2 unspecified atom stereocenters. The fourth-order valence-corrected chi connectivity index (χ4v) is 1.19. The molecule has 0 bridgehead atoms. The molecule has 0 aromatic heterocycles. The molecule has 2 atom stereocenters. The molecule has 0 aromatic rings. The maximum absolute atomic E-state index is 10.9. The van der Waals surface area contributed by atoms with Gasteiger partial charge in [-0.05, 0) is 13.2 Å². The van der Waals surface area contributed by atoms with Crippen LogP contribution in [-0.4, -0.2) is 46.2 Å². The fourth-order valence-electron chi connectivity index (χ4n) is 0.634. The van der Waals surface area contributed by atoms with Gasteiger partial charge in [-0.3, -0.25) is 4.79 Å². The van der Waals surface area contributed by atoms with E-state index in [0.717, 1.165) is 0 Å². The third-order valence-electron chi connectivity index (χ3n) is 1.33. The zero-order valence-electron chi connectivity index (χ0n) is 7.48. The van der Waals surface area contributed by atoms with E-state index in [2.05, 4.69) is 5.32 Å². The Balaban J connectivity index is 4.10. The number of nitrogens with one attached hydrogen (secondary N) is 1. The largest absolute Gasteiger partial charge is 0.480 e. The number of carbonyl (C=O) groups excluding carboxylic acids is 1. The summed E-state index contributed by atoms with van der Waals surface area (Å²) in [6.07, 6.45) is 0.563. The zero-order valence-corrected chi connectivity index (χ0v) is 8.30. The van der Waals surface area contributed by atoms with Crippen molar-refractivity contribution < 1.29 is 19.8 Å². The third-order valence-corrected chi connectivity index (χ3v) is 1.99. The van der Waals surface area contributed by atoms with Crippen molar-refractivity contribution in [2.75, 3.05) is 12.0 Å². The van der Waals surface area contributed by atoms with E-state index in [1.54, 1.807) is 6.26 Å². The second-order valence-corrected chi connectivity index (χ2v) is 3.44. The van der Waals surface area contributed by atoms with Crippen molar-refractivity contribution in [2.24, 2.45) is 0 Å². The van der Waals surface area contributed by atoms with E-state index in [4.69, 9.17) is 10.2 Å². The molecule has 0 saturated carbocycles. The average Bonchev–Trinajstić information content (AvgIpc) is 2.03. The molecule has 0 aliphatic rings. The smallest absolute Gasteiger partial charge is 0.327 e. The number of rotatable bonds is 5. The van der Waals surface area contributed by atoms with Crippen LogP contribution in [0.3, 0.4) is 0 Å². The lowest BCUT2D eigenvalue weighted by molar-refractivity contribution is -0.142. The summed E-state index contributed by atoms with van der Waals surface area (Å²) in [5, 5.41) is 19.6. The average molecular weight is 207 g/mol. The molecule has 3 N–H and O–H groups in total. The Morgan fingerprint density at radius 3 is 2.38 bits per heavy atom. The summed E-state index contributed by atoms with van der Waals surface area (Å²) in [6, 6.07) is -0.933. The van der Waals surface area contributed by atoms with Gasteiger partial charge in [0.05, 0.1) is 0 Å². The molecule has 76 valence electrons. The normalized spacial score (nSPS) is 14.7. The molecular weight excluding hydrogens is 194 g/mol. The molecule has 13 heavy (non-hydrogen) atoms. The highest BCUT2D eigenvalue weighted by atomic mass is 32.2. The quantitative estimate of drug-likeness (QED) is 0.555. The maximum Gasteiger partial charge on any atom is 0.327 e. The first-order chi connectivity index (χ1) is 5.99. The summed E-state index contributed by atoms with van der Waals surface area (Å²) in [5.74, 6) is -1.47. The lowest BCUT2D eigenvalue weighted by atomic mass is 10.3. The van der Waals surface area contributed by atoms with Gasteiger partial charge in [-0.25, -0.2) is 4.79 Å². The van der Waals surface area contributed by atoms with Crippen molar-refractivity contribution in [3.8, 4) is 0 Å². The summed E-state index contributed by atoms with van der Waals surface area (Å²) in [4.78, 5) is 21.4. The maximum atomic E-state index is 10.9. The van der Waals surface area contributed by atoms with E-state index < -0.39 is 24.0 Å². The van der Waals surface area contributed by atoms with Crippen molar-refractivity contribution in [3.63, 3.8) is 0 Å². The first-order valence-corrected chi connectivity index (χ1v) is 5.08. The Hall–Kier alpha value is -0.750. The van der Waals surface area contributed by atoms with E-state index in [1.807, 2.05) is 0 Å². The van der Waals surface area contributed by atoms with Crippen molar-refractivity contribution in [3.05, 3.63) is 0 Å².